The topological polar surface area (TPSA) is 68.2 Å². The molecule has 0 aromatic carbocycles. The van der Waals surface area contributed by atoms with Crippen molar-refractivity contribution in [2.24, 2.45) is 5.92 Å². The van der Waals surface area contributed by atoms with E-state index in [9.17, 15) is 4.79 Å². The van der Waals surface area contributed by atoms with E-state index in [4.69, 9.17) is 4.74 Å². The fourth-order valence-corrected chi connectivity index (χ4v) is 3.87. The summed E-state index contributed by atoms with van der Waals surface area (Å²) in [4.78, 5) is 26.9. The monoisotopic (exact) mass is 358 g/mol. The van der Waals surface area contributed by atoms with Gasteiger partial charge in [-0.25, -0.2) is 15.0 Å². The molecule has 132 valence electrons. The van der Waals surface area contributed by atoms with Crippen LogP contribution in [0.2, 0.25) is 0 Å². The van der Waals surface area contributed by atoms with E-state index in [2.05, 4.69) is 15.0 Å². The largest absolute Gasteiger partial charge is 0.477 e. The lowest BCUT2D eigenvalue weighted by molar-refractivity contribution is 0.0654. The predicted octanol–water partition coefficient (Wildman–Crippen LogP) is 3.13. The molecule has 2 aliphatic rings. The van der Waals surface area contributed by atoms with Gasteiger partial charge in [-0.3, -0.25) is 4.79 Å². The van der Waals surface area contributed by atoms with Crippen LogP contribution in [0, 0.1) is 5.92 Å². The Hall–Kier alpha value is -2.02. The average molecular weight is 358 g/mol. The van der Waals surface area contributed by atoms with Crippen molar-refractivity contribution in [3.05, 3.63) is 34.7 Å². The van der Waals surface area contributed by atoms with E-state index in [1.165, 1.54) is 30.6 Å². The van der Waals surface area contributed by atoms with Gasteiger partial charge in [0.2, 0.25) is 5.88 Å². The number of thiazole rings is 1. The Morgan fingerprint density at radius 1 is 1.20 bits per heavy atom. The molecule has 0 N–H and O–H groups in total. The first-order chi connectivity index (χ1) is 12.3. The number of amides is 1. The number of carbonyl (C=O) groups is 1. The molecular weight excluding hydrogens is 336 g/mol. The highest BCUT2D eigenvalue weighted by atomic mass is 32.1. The number of hydrogen-bond donors (Lipinski definition) is 0. The van der Waals surface area contributed by atoms with Crippen molar-refractivity contribution in [1.29, 1.82) is 0 Å². The molecule has 1 aliphatic heterocycles. The quantitative estimate of drug-likeness (QED) is 0.821. The summed E-state index contributed by atoms with van der Waals surface area (Å²) in [6.07, 6.45) is 7.26. The third kappa shape index (κ3) is 3.81. The molecule has 4 rings (SSSR count). The van der Waals surface area contributed by atoms with Gasteiger partial charge in [-0.2, -0.15) is 0 Å². The molecule has 1 amide bonds. The van der Waals surface area contributed by atoms with Gasteiger partial charge in [-0.1, -0.05) is 6.42 Å². The average Bonchev–Trinajstić information content (AvgIpc) is 3.13. The molecule has 0 atom stereocenters. The molecule has 2 aromatic rings. The van der Waals surface area contributed by atoms with Gasteiger partial charge >= 0.3 is 0 Å². The summed E-state index contributed by atoms with van der Waals surface area (Å²) in [7, 11) is 0. The number of carbonyl (C=O) groups excluding carboxylic acids is 1. The van der Waals surface area contributed by atoms with Crippen LogP contribution in [0.25, 0.3) is 0 Å². The molecular formula is C18H22N4O2S. The zero-order valence-electron chi connectivity index (χ0n) is 14.1. The van der Waals surface area contributed by atoms with Gasteiger partial charge in [0.15, 0.2) is 0 Å². The van der Waals surface area contributed by atoms with Crippen molar-refractivity contribution in [3.8, 4) is 5.88 Å². The van der Waals surface area contributed by atoms with Crippen LogP contribution >= 0.6 is 11.3 Å². The van der Waals surface area contributed by atoms with Crippen LogP contribution in [-0.4, -0.2) is 45.5 Å². The Morgan fingerprint density at radius 3 is 2.72 bits per heavy atom. The van der Waals surface area contributed by atoms with Crippen LogP contribution in [0.4, 0.5) is 0 Å². The number of likely N-dealkylation sites (tertiary alicyclic amines) is 1. The van der Waals surface area contributed by atoms with Crippen molar-refractivity contribution in [3.63, 3.8) is 0 Å². The molecule has 1 saturated carbocycles. The third-order valence-electron chi connectivity index (χ3n) is 5.21. The minimum Gasteiger partial charge on any atom is -0.477 e. The Kier molecular flexibility index (Phi) is 4.92. The van der Waals surface area contributed by atoms with Crippen LogP contribution in [0.1, 0.15) is 54.2 Å². The lowest BCUT2D eigenvalue weighted by Crippen LogP contribution is -2.39. The van der Waals surface area contributed by atoms with Crippen LogP contribution < -0.4 is 4.74 Å². The molecule has 7 heteroatoms. The standard InChI is InChI=1S/C18H22N4O2S/c23-18(16-10-25-12-21-16)22-6-4-13(5-7-22)9-24-17-8-15(19-11-20-17)14-2-1-3-14/h8,10-14H,1-7,9H2. The predicted molar refractivity (Wildman–Crippen MR) is 94.9 cm³/mol. The van der Waals surface area contributed by atoms with E-state index < -0.39 is 0 Å². The summed E-state index contributed by atoms with van der Waals surface area (Å²) >= 11 is 1.46. The summed E-state index contributed by atoms with van der Waals surface area (Å²) in [6, 6.07) is 1.99. The fourth-order valence-electron chi connectivity index (χ4n) is 3.35. The van der Waals surface area contributed by atoms with E-state index >= 15 is 0 Å². The minimum absolute atomic E-state index is 0.0431. The van der Waals surface area contributed by atoms with E-state index in [0.717, 1.165) is 31.6 Å². The lowest BCUT2D eigenvalue weighted by atomic mass is 9.83. The van der Waals surface area contributed by atoms with Crippen molar-refractivity contribution in [2.45, 2.75) is 38.0 Å². The first-order valence-electron chi connectivity index (χ1n) is 8.92. The summed E-state index contributed by atoms with van der Waals surface area (Å²) in [6.45, 7) is 2.18. The Labute approximate surface area is 151 Å². The van der Waals surface area contributed by atoms with E-state index in [1.807, 2.05) is 16.3 Å². The van der Waals surface area contributed by atoms with Crippen molar-refractivity contribution < 1.29 is 9.53 Å². The second-order valence-corrected chi connectivity index (χ2v) is 7.55. The highest BCUT2D eigenvalue weighted by Gasteiger charge is 2.25. The SMILES string of the molecule is O=C(c1cscn1)N1CCC(COc2cc(C3CCC3)ncn2)CC1. The molecule has 25 heavy (non-hydrogen) atoms. The molecule has 0 spiro atoms. The maximum absolute atomic E-state index is 12.3. The first-order valence-corrected chi connectivity index (χ1v) is 9.86. The third-order valence-corrected chi connectivity index (χ3v) is 5.79. The molecule has 1 aliphatic carbocycles. The number of rotatable bonds is 5. The number of piperidine rings is 1. The smallest absolute Gasteiger partial charge is 0.273 e. The Morgan fingerprint density at radius 2 is 2.04 bits per heavy atom. The molecule has 0 radical (unpaired) electrons. The summed E-state index contributed by atoms with van der Waals surface area (Å²) < 4.78 is 5.91. The van der Waals surface area contributed by atoms with Crippen molar-refractivity contribution in [2.75, 3.05) is 19.7 Å². The molecule has 1 saturated heterocycles. The molecule has 0 unspecified atom stereocenters. The van der Waals surface area contributed by atoms with Gasteiger partial charge in [0.1, 0.15) is 12.0 Å². The van der Waals surface area contributed by atoms with Gasteiger partial charge in [0.25, 0.3) is 5.91 Å². The molecule has 6 nitrogen and oxygen atoms in total. The van der Waals surface area contributed by atoms with E-state index in [1.54, 1.807) is 11.8 Å². The maximum atomic E-state index is 12.3. The lowest BCUT2D eigenvalue weighted by Gasteiger charge is -2.31. The second kappa shape index (κ2) is 7.47. The van der Waals surface area contributed by atoms with Crippen LogP contribution in [0.15, 0.2) is 23.3 Å². The maximum Gasteiger partial charge on any atom is 0.273 e. The van der Waals surface area contributed by atoms with Gasteiger partial charge < -0.3 is 9.64 Å². The number of aromatic nitrogens is 3. The van der Waals surface area contributed by atoms with Crippen molar-refractivity contribution in [1.82, 2.24) is 19.9 Å². The van der Waals surface area contributed by atoms with Gasteiger partial charge in [-0.15, -0.1) is 11.3 Å². The normalized spacial score (nSPS) is 18.8. The fraction of sp³-hybridized carbons (Fsp3) is 0.556. The molecule has 3 heterocycles. The van der Waals surface area contributed by atoms with Crippen LogP contribution in [0.5, 0.6) is 5.88 Å². The van der Waals surface area contributed by atoms with E-state index in [0.29, 0.717) is 30.0 Å². The van der Waals surface area contributed by atoms with Gasteiger partial charge in [-0.05, 0) is 31.6 Å². The van der Waals surface area contributed by atoms with Crippen LogP contribution in [-0.2, 0) is 0 Å². The minimum atomic E-state index is 0.0431. The van der Waals surface area contributed by atoms with Gasteiger partial charge in [0, 0.05) is 30.5 Å². The van der Waals surface area contributed by atoms with Crippen molar-refractivity contribution >= 4 is 17.2 Å². The summed E-state index contributed by atoms with van der Waals surface area (Å²) in [5, 5.41) is 1.81. The summed E-state index contributed by atoms with van der Waals surface area (Å²) in [5.74, 6) is 1.77. The van der Waals surface area contributed by atoms with Gasteiger partial charge in [0.05, 0.1) is 17.8 Å². The zero-order chi connectivity index (χ0) is 17.1. The number of hydrogen-bond acceptors (Lipinski definition) is 6. The zero-order valence-corrected chi connectivity index (χ0v) is 15.0. The first kappa shape index (κ1) is 16.4. The number of nitrogens with zero attached hydrogens (tertiary/aromatic N) is 4. The highest BCUT2D eigenvalue weighted by molar-refractivity contribution is 7.07. The Balaban J connectivity index is 1.26. The molecule has 0 bridgehead atoms. The Bertz CT molecular complexity index is 710. The molecule has 2 aromatic heterocycles. The number of ether oxygens (including phenoxy) is 1. The molecule has 2 fully saturated rings. The van der Waals surface area contributed by atoms with E-state index in [-0.39, 0.29) is 5.91 Å². The summed E-state index contributed by atoms with van der Waals surface area (Å²) in [5.41, 5.74) is 3.37. The second-order valence-electron chi connectivity index (χ2n) is 6.83. The van der Waals surface area contributed by atoms with Crippen LogP contribution in [0.3, 0.4) is 0 Å². The highest BCUT2D eigenvalue weighted by Crippen LogP contribution is 2.35.